The zero-order valence-electron chi connectivity index (χ0n) is 12.7. The molecule has 0 radical (unpaired) electrons. The van der Waals surface area contributed by atoms with E-state index in [-0.39, 0.29) is 5.54 Å². The third kappa shape index (κ3) is 4.97. The molecule has 0 aliphatic carbocycles. The van der Waals surface area contributed by atoms with Gasteiger partial charge in [-0.3, -0.25) is 4.90 Å². The second kappa shape index (κ2) is 6.19. The summed E-state index contributed by atoms with van der Waals surface area (Å²) in [6.45, 7) is 17.6. The third-order valence-electron chi connectivity index (χ3n) is 4.22. The van der Waals surface area contributed by atoms with Crippen LogP contribution in [0.25, 0.3) is 0 Å². The Labute approximate surface area is 108 Å². The molecule has 2 heteroatoms. The Bertz CT molecular complexity index is 219. The van der Waals surface area contributed by atoms with Gasteiger partial charge in [0.1, 0.15) is 0 Å². The first-order valence-electron chi connectivity index (χ1n) is 7.32. The van der Waals surface area contributed by atoms with Gasteiger partial charge in [-0.15, -0.1) is 0 Å². The summed E-state index contributed by atoms with van der Waals surface area (Å²) in [7, 11) is 0. The lowest BCUT2D eigenvalue weighted by Crippen LogP contribution is -2.51. The first kappa shape index (κ1) is 15.0. The summed E-state index contributed by atoms with van der Waals surface area (Å²) in [6.07, 6.45) is 2.62. The Balaban J connectivity index is 2.45. The van der Waals surface area contributed by atoms with Crippen molar-refractivity contribution in [2.45, 2.75) is 66.0 Å². The molecule has 0 spiro atoms. The van der Waals surface area contributed by atoms with E-state index in [1.807, 2.05) is 0 Å². The van der Waals surface area contributed by atoms with Crippen LogP contribution in [0.2, 0.25) is 0 Å². The average molecular weight is 240 g/mol. The normalized spacial score (nSPS) is 29.3. The van der Waals surface area contributed by atoms with Gasteiger partial charge >= 0.3 is 0 Å². The number of hydrogen-bond donors (Lipinski definition) is 1. The van der Waals surface area contributed by atoms with Crippen LogP contribution in [0.1, 0.15) is 54.4 Å². The highest BCUT2D eigenvalue weighted by Crippen LogP contribution is 2.24. The Morgan fingerprint density at radius 3 is 2.35 bits per heavy atom. The second-order valence-corrected chi connectivity index (χ2v) is 6.93. The maximum atomic E-state index is 3.65. The van der Waals surface area contributed by atoms with E-state index in [0.717, 1.165) is 18.4 Å². The van der Waals surface area contributed by atoms with Gasteiger partial charge in [0, 0.05) is 24.7 Å². The third-order valence-corrected chi connectivity index (χ3v) is 4.22. The van der Waals surface area contributed by atoms with Crippen LogP contribution in [0.5, 0.6) is 0 Å². The van der Waals surface area contributed by atoms with Crippen LogP contribution in [0.3, 0.4) is 0 Å². The lowest BCUT2D eigenvalue weighted by Gasteiger charge is -2.41. The van der Waals surface area contributed by atoms with Crippen molar-refractivity contribution in [1.29, 1.82) is 0 Å². The fourth-order valence-corrected chi connectivity index (χ4v) is 2.58. The summed E-state index contributed by atoms with van der Waals surface area (Å²) in [5, 5.41) is 3.65. The van der Waals surface area contributed by atoms with Gasteiger partial charge in [-0.1, -0.05) is 20.8 Å². The van der Waals surface area contributed by atoms with Crippen LogP contribution >= 0.6 is 0 Å². The van der Waals surface area contributed by atoms with E-state index in [9.17, 15) is 0 Å². The quantitative estimate of drug-likeness (QED) is 0.812. The number of nitrogens with zero attached hydrogens (tertiary/aromatic N) is 1. The fourth-order valence-electron chi connectivity index (χ4n) is 2.58. The number of piperidine rings is 1. The van der Waals surface area contributed by atoms with Crippen molar-refractivity contribution in [3.63, 3.8) is 0 Å². The molecule has 0 amide bonds. The average Bonchev–Trinajstić information content (AvgIpc) is 2.22. The van der Waals surface area contributed by atoms with Crippen LogP contribution < -0.4 is 5.32 Å². The van der Waals surface area contributed by atoms with E-state index in [1.165, 1.54) is 25.9 Å². The predicted octanol–water partition coefficient (Wildman–Crippen LogP) is 3.13. The first-order chi connectivity index (χ1) is 7.83. The Morgan fingerprint density at radius 2 is 1.88 bits per heavy atom. The van der Waals surface area contributed by atoms with Gasteiger partial charge in [-0.25, -0.2) is 0 Å². The van der Waals surface area contributed by atoms with Gasteiger partial charge in [0.25, 0.3) is 0 Å². The van der Waals surface area contributed by atoms with Gasteiger partial charge in [0.15, 0.2) is 0 Å². The van der Waals surface area contributed by atoms with Crippen LogP contribution in [0.15, 0.2) is 0 Å². The Hall–Kier alpha value is -0.0800. The van der Waals surface area contributed by atoms with Crippen molar-refractivity contribution in [2.75, 3.05) is 19.6 Å². The van der Waals surface area contributed by atoms with Crippen molar-refractivity contribution in [3.8, 4) is 0 Å². The molecule has 2 nitrogen and oxygen atoms in total. The topological polar surface area (TPSA) is 15.3 Å². The number of hydrogen-bond acceptors (Lipinski definition) is 2. The lowest BCUT2D eigenvalue weighted by molar-refractivity contribution is 0.0892. The summed E-state index contributed by atoms with van der Waals surface area (Å²) in [5.74, 6) is 1.76. The molecule has 3 unspecified atom stereocenters. The minimum atomic E-state index is 0.238. The first-order valence-corrected chi connectivity index (χ1v) is 7.32. The van der Waals surface area contributed by atoms with E-state index in [0.29, 0.717) is 6.04 Å². The highest BCUT2D eigenvalue weighted by molar-refractivity contribution is 4.83. The summed E-state index contributed by atoms with van der Waals surface area (Å²) in [6, 6.07) is 0.712. The highest BCUT2D eigenvalue weighted by atomic mass is 15.2. The van der Waals surface area contributed by atoms with Crippen molar-refractivity contribution in [3.05, 3.63) is 0 Å². The van der Waals surface area contributed by atoms with Crippen LogP contribution in [-0.2, 0) is 0 Å². The molecule has 1 rings (SSSR count). The van der Waals surface area contributed by atoms with E-state index < -0.39 is 0 Å². The molecule has 3 atom stereocenters. The van der Waals surface area contributed by atoms with Gasteiger partial charge in [-0.05, 0) is 52.0 Å². The standard InChI is InChI=1S/C15H32N2/c1-7-14(10-16-15(4,5)6)17-9-8-12(2)13(3)11-17/h12-14,16H,7-11H2,1-6H3. The van der Waals surface area contributed by atoms with Gasteiger partial charge < -0.3 is 5.32 Å². The zero-order valence-corrected chi connectivity index (χ0v) is 12.7. The molecule has 1 fully saturated rings. The maximum absolute atomic E-state index is 3.65. The molecule has 1 aliphatic rings. The molecule has 0 bridgehead atoms. The summed E-state index contributed by atoms with van der Waals surface area (Å²) in [5.41, 5.74) is 0.238. The van der Waals surface area contributed by atoms with Crippen LogP contribution in [0.4, 0.5) is 0 Å². The molecular formula is C15H32N2. The second-order valence-electron chi connectivity index (χ2n) is 6.93. The minimum Gasteiger partial charge on any atom is -0.311 e. The van der Waals surface area contributed by atoms with Gasteiger partial charge in [0.05, 0.1) is 0 Å². The molecule has 0 aromatic carbocycles. The van der Waals surface area contributed by atoms with E-state index in [4.69, 9.17) is 0 Å². The van der Waals surface area contributed by atoms with Crippen molar-refractivity contribution in [2.24, 2.45) is 11.8 Å². The molecule has 1 saturated heterocycles. The lowest BCUT2D eigenvalue weighted by atomic mass is 9.87. The van der Waals surface area contributed by atoms with E-state index in [2.05, 4.69) is 51.8 Å². The van der Waals surface area contributed by atoms with Gasteiger partial charge in [0.2, 0.25) is 0 Å². The van der Waals surface area contributed by atoms with Crippen molar-refractivity contribution < 1.29 is 0 Å². The fraction of sp³-hybridized carbons (Fsp3) is 1.00. The summed E-state index contributed by atoms with van der Waals surface area (Å²) in [4.78, 5) is 2.70. The number of likely N-dealkylation sites (tertiary alicyclic amines) is 1. The van der Waals surface area contributed by atoms with Gasteiger partial charge in [-0.2, -0.15) is 0 Å². The summed E-state index contributed by atoms with van der Waals surface area (Å²) < 4.78 is 0. The Kier molecular flexibility index (Phi) is 5.46. The summed E-state index contributed by atoms with van der Waals surface area (Å²) >= 11 is 0. The molecule has 102 valence electrons. The monoisotopic (exact) mass is 240 g/mol. The minimum absolute atomic E-state index is 0.238. The van der Waals surface area contributed by atoms with Crippen LogP contribution in [0, 0.1) is 11.8 Å². The van der Waals surface area contributed by atoms with Crippen LogP contribution in [-0.4, -0.2) is 36.1 Å². The molecule has 0 saturated carbocycles. The highest BCUT2D eigenvalue weighted by Gasteiger charge is 2.27. The van der Waals surface area contributed by atoms with Crippen molar-refractivity contribution >= 4 is 0 Å². The van der Waals surface area contributed by atoms with E-state index >= 15 is 0 Å². The largest absolute Gasteiger partial charge is 0.311 e. The molecule has 0 aromatic rings. The maximum Gasteiger partial charge on any atom is 0.0218 e. The number of rotatable bonds is 4. The smallest absolute Gasteiger partial charge is 0.0218 e. The molecule has 1 N–H and O–H groups in total. The van der Waals surface area contributed by atoms with Crippen molar-refractivity contribution in [1.82, 2.24) is 10.2 Å². The molecule has 1 aliphatic heterocycles. The predicted molar refractivity (Wildman–Crippen MR) is 76.4 cm³/mol. The molecular weight excluding hydrogens is 208 g/mol. The number of nitrogens with one attached hydrogen (secondary N) is 1. The zero-order chi connectivity index (χ0) is 13.1. The molecule has 0 aromatic heterocycles. The molecule has 17 heavy (non-hydrogen) atoms. The van der Waals surface area contributed by atoms with E-state index in [1.54, 1.807) is 0 Å². The SMILES string of the molecule is CCC(CNC(C)(C)C)N1CCC(C)C(C)C1. The molecule has 1 heterocycles. The Morgan fingerprint density at radius 1 is 1.24 bits per heavy atom.